The predicted molar refractivity (Wildman–Crippen MR) is 59.7 cm³/mol. The van der Waals surface area contributed by atoms with Crippen molar-refractivity contribution in [1.82, 2.24) is 0 Å². The number of allylic oxidation sites excluding steroid dienone is 4. The van der Waals surface area contributed by atoms with Gasteiger partial charge >= 0.3 is 0 Å². The van der Waals surface area contributed by atoms with Gasteiger partial charge in [0.05, 0.1) is 0 Å². The van der Waals surface area contributed by atoms with Crippen molar-refractivity contribution in [2.45, 2.75) is 46.5 Å². The van der Waals surface area contributed by atoms with Crippen molar-refractivity contribution in [2.24, 2.45) is 11.8 Å². The van der Waals surface area contributed by atoms with Crippen LogP contribution in [0.15, 0.2) is 23.8 Å². The quantitative estimate of drug-likeness (QED) is 0.564. The Morgan fingerprint density at radius 2 is 2.31 bits per heavy atom. The summed E-state index contributed by atoms with van der Waals surface area (Å²) in [7, 11) is 0. The van der Waals surface area contributed by atoms with Gasteiger partial charge in [-0.2, -0.15) is 0 Å². The normalized spacial score (nSPS) is 24.0. The van der Waals surface area contributed by atoms with Crippen LogP contribution >= 0.6 is 0 Å². The van der Waals surface area contributed by atoms with E-state index >= 15 is 0 Å². The average Bonchev–Trinajstić information content (AvgIpc) is 2.08. The van der Waals surface area contributed by atoms with E-state index in [1.807, 2.05) is 0 Å². The Morgan fingerprint density at radius 3 is 2.85 bits per heavy atom. The lowest BCUT2D eigenvalue weighted by Crippen LogP contribution is -2.00. The van der Waals surface area contributed by atoms with Crippen LogP contribution in [-0.4, -0.2) is 0 Å². The lowest BCUT2D eigenvalue weighted by Gasteiger charge is -2.17. The molecule has 0 aromatic rings. The van der Waals surface area contributed by atoms with Gasteiger partial charge < -0.3 is 0 Å². The highest BCUT2D eigenvalue weighted by Gasteiger charge is 2.08. The Hall–Kier alpha value is -0.520. The Bertz CT molecular complexity index is 196. The number of hydrogen-bond acceptors (Lipinski definition) is 0. The molecule has 0 aliphatic heterocycles. The van der Waals surface area contributed by atoms with Gasteiger partial charge in [-0.15, -0.1) is 0 Å². The number of hydrogen-bond donors (Lipinski definition) is 0. The van der Waals surface area contributed by atoms with E-state index in [4.69, 9.17) is 0 Å². The molecule has 1 aliphatic rings. The minimum Gasteiger partial charge on any atom is -0.0856 e. The molecule has 0 heterocycles. The highest BCUT2D eigenvalue weighted by Crippen LogP contribution is 2.24. The molecule has 1 atom stereocenters. The van der Waals surface area contributed by atoms with E-state index in [0.29, 0.717) is 5.92 Å². The highest BCUT2D eigenvalue weighted by molar-refractivity contribution is 5.10. The van der Waals surface area contributed by atoms with Gasteiger partial charge in [0.2, 0.25) is 0 Å². The van der Waals surface area contributed by atoms with E-state index < -0.39 is 0 Å². The fourth-order valence-corrected chi connectivity index (χ4v) is 1.70. The zero-order valence-corrected chi connectivity index (χ0v) is 9.22. The van der Waals surface area contributed by atoms with Gasteiger partial charge in [-0.05, 0) is 37.5 Å². The van der Waals surface area contributed by atoms with Crippen molar-refractivity contribution in [3.63, 3.8) is 0 Å². The lowest BCUT2D eigenvalue weighted by atomic mass is 9.89. The third kappa shape index (κ3) is 4.31. The highest BCUT2D eigenvalue weighted by atomic mass is 14.1. The van der Waals surface area contributed by atoms with Gasteiger partial charge in [0.25, 0.3) is 0 Å². The summed E-state index contributed by atoms with van der Waals surface area (Å²) < 4.78 is 0. The van der Waals surface area contributed by atoms with E-state index in [1.165, 1.54) is 25.7 Å². The maximum atomic E-state index is 2.44. The minimum absolute atomic E-state index is 0.697. The molecule has 0 nitrogen and oxygen atoms in total. The molecule has 0 aromatic heterocycles. The zero-order valence-electron chi connectivity index (χ0n) is 9.22. The first-order chi connectivity index (χ1) is 6.18. The van der Waals surface area contributed by atoms with Crippen LogP contribution in [0.4, 0.5) is 0 Å². The van der Waals surface area contributed by atoms with Crippen LogP contribution in [0.5, 0.6) is 0 Å². The SMILES string of the molecule is CC(C)/C=C/CC1=CCC(C)CC1. The molecular weight excluding hydrogens is 156 g/mol. The van der Waals surface area contributed by atoms with Crippen LogP contribution in [0.25, 0.3) is 0 Å². The van der Waals surface area contributed by atoms with Crippen molar-refractivity contribution in [3.05, 3.63) is 23.8 Å². The summed E-state index contributed by atoms with van der Waals surface area (Å²) in [5.74, 6) is 1.61. The summed E-state index contributed by atoms with van der Waals surface area (Å²) in [5, 5.41) is 0. The second kappa shape index (κ2) is 5.26. The summed E-state index contributed by atoms with van der Waals surface area (Å²) in [6.45, 7) is 6.80. The van der Waals surface area contributed by atoms with Crippen molar-refractivity contribution in [1.29, 1.82) is 0 Å². The molecule has 0 spiro atoms. The molecule has 1 rings (SSSR count). The van der Waals surface area contributed by atoms with Crippen LogP contribution < -0.4 is 0 Å². The van der Waals surface area contributed by atoms with Crippen molar-refractivity contribution in [2.75, 3.05) is 0 Å². The largest absolute Gasteiger partial charge is 0.0856 e. The maximum absolute atomic E-state index is 2.44. The summed E-state index contributed by atoms with van der Waals surface area (Å²) in [5.41, 5.74) is 1.65. The van der Waals surface area contributed by atoms with Crippen molar-refractivity contribution in [3.8, 4) is 0 Å². The van der Waals surface area contributed by atoms with E-state index in [9.17, 15) is 0 Å². The molecule has 1 aliphatic carbocycles. The second-order valence-electron chi connectivity index (χ2n) is 4.62. The van der Waals surface area contributed by atoms with Crippen LogP contribution in [0, 0.1) is 11.8 Å². The average molecular weight is 178 g/mol. The molecule has 0 fully saturated rings. The van der Waals surface area contributed by atoms with Gasteiger partial charge in [-0.3, -0.25) is 0 Å². The van der Waals surface area contributed by atoms with E-state index in [1.54, 1.807) is 5.57 Å². The fourth-order valence-electron chi connectivity index (χ4n) is 1.70. The summed E-state index contributed by atoms with van der Waals surface area (Å²) in [4.78, 5) is 0. The standard InChI is InChI=1S/C13H22/c1-11(2)5-4-6-13-9-7-12(3)8-10-13/h4-5,9,11-12H,6-8,10H2,1-3H3/b5-4+. The minimum atomic E-state index is 0.697. The summed E-state index contributed by atoms with van der Waals surface area (Å²) in [6, 6.07) is 0. The van der Waals surface area contributed by atoms with Gasteiger partial charge in [0.1, 0.15) is 0 Å². The summed E-state index contributed by atoms with van der Waals surface area (Å²) >= 11 is 0. The van der Waals surface area contributed by atoms with E-state index in [2.05, 4.69) is 39.0 Å². The molecular formula is C13H22. The van der Waals surface area contributed by atoms with Crippen molar-refractivity contribution < 1.29 is 0 Å². The Balaban J connectivity index is 2.30. The zero-order chi connectivity index (χ0) is 9.68. The van der Waals surface area contributed by atoms with Gasteiger partial charge in [-0.25, -0.2) is 0 Å². The van der Waals surface area contributed by atoms with Gasteiger partial charge in [0, 0.05) is 0 Å². The third-order valence-corrected chi connectivity index (χ3v) is 2.67. The molecule has 1 unspecified atom stereocenters. The van der Waals surface area contributed by atoms with Crippen LogP contribution in [-0.2, 0) is 0 Å². The first kappa shape index (κ1) is 10.6. The molecule has 0 bridgehead atoms. The lowest BCUT2D eigenvalue weighted by molar-refractivity contribution is 0.510. The predicted octanol–water partition coefficient (Wildman–Crippen LogP) is 4.34. The molecule has 0 radical (unpaired) electrons. The van der Waals surface area contributed by atoms with E-state index in [0.717, 1.165) is 5.92 Å². The molecule has 13 heavy (non-hydrogen) atoms. The molecule has 0 saturated carbocycles. The van der Waals surface area contributed by atoms with Crippen LogP contribution in [0.2, 0.25) is 0 Å². The van der Waals surface area contributed by atoms with Gasteiger partial charge in [0.15, 0.2) is 0 Å². The van der Waals surface area contributed by atoms with Crippen molar-refractivity contribution >= 4 is 0 Å². The Labute approximate surface area is 82.7 Å². The Kier molecular flexibility index (Phi) is 4.27. The fraction of sp³-hybridized carbons (Fsp3) is 0.692. The second-order valence-corrected chi connectivity index (χ2v) is 4.62. The molecule has 0 N–H and O–H groups in total. The third-order valence-electron chi connectivity index (χ3n) is 2.67. The smallest absolute Gasteiger partial charge is 0.0139 e. The first-order valence-corrected chi connectivity index (χ1v) is 5.53. The molecule has 0 amide bonds. The van der Waals surface area contributed by atoms with Gasteiger partial charge in [-0.1, -0.05) is 44.6 Å². The monoisotopic (exact) mass is 178 g/mol. The first-order valence-electron chi connectivity index (χ1n) is 5.53. The maximum Gasteiger partial charge on any atom is -0.0139 e. The Morgan fingerprint density at radius 1 is 1.54 bits per heavy atom. The molecule has 74 valence electrons. The summed E-state index contributed by atoms with van der Waals surface area (Å²) in [6.07, 6.45) is 12.3. The molecule has 0 saturated heterocycles. The van der Waals surface area contributed by atoms with Crippen LogP contribution in [0.1, 0.15) is 46.5 Å². The van der Waals surface area contributed by atoms with Crippen LogP contribution in [0.3, 0.4) is 0 Å². The van der Waals surface area contributed by atoms with E-state index in [-0.39, 0.29) is 0 Å². The molecule has 0 aromatic carbocycles. The topological polar surface area (TPSA) is 0 Å². The number of rotatable bonds is 3. The molecule has 0 heteroatoms.